The van der Waals surface area contributed by atoms with Crippen LogP contribution in [0.2, 0.25) is 0 Å². The summed E-state index contributed by atoms with van der Waals surface area (Å²) in [5.41, 5.74) is 2.75. The van der Waals surface area contributed by atoms with E-state index in [0.717, 1.165) is 19.6 Å². The van der Waals surface area contributed by atoms with E-state index in [4.69, 9.17) is 0 Å². The lowest BCUT2D eigenvalue weighted by Gasteiger charge is -2.29. The normalized spacial score (nSPS) is 19.4. The minimum absolute atomic E-state index is 0.676. The van der Waals surface area contributed by atoms with Gasteiger partial charge in [0, 0.05) is 31.4 Å². The number of likely N-dealkylation sites (N-methyl/N-ethyl adjacent to an activating group) is 1. The van der Waals surface area contributed by atoms with E-state index in [1.807, 2.05) is 0 Å². The first-order chi connectivity index (χ1) is 9.20. The van der Waals surface area contributed by atoms with E-state index in [0.29, 0.717) is 6.04 Å². The van der Waals surface area contributed by atoms with Crippen LogP contribution in [0.4, 0.5) is 5.69 Å². The highest BCUT2D eigenvalue weighted by molar-refractivity contribution is 5.49. The SMILES string of the molecule is CCNCc1ccc(N2CCCC2CN(C)C)cc1. The topological polar surface area (TPSA) is 18.5 Å². The van der Waals surface area contributed by atoms with Crippen LogP contribution in [0.1, 0.15) is 25.3 Å². The Morgan fingerprint density at radius 1 is 1.26 bits per heavy atom. The van der Waals surface area contributed by atoms with Gasteiger partial charge in [-0.25, -0.2) is 0 Å². The smallest absolute Gasteiger partial charge is 0.0417 e. The van der Waals surface area contributed by atoms with Gasteiger partial charge in [-0.3, -0.25) is 0 Å². The lowest BCUT2D eigenvalue weighted by atomic mass is 10.1. The van der Waals surface area contributed by atoms with Crippen molar-refractivity contribution in [1.29, 1.82) is 0 Å². The molecule has 0 aliphatic carbocycles. The highest BCUT2D eigenvalue weighted by Crippen LogP contribution is 2.26. The second kappa shape index (κ2) is 6.92. The summed E-state index contributed by atoms with van der Waals surface area (Å²) in [6.45, 7) is 6.49. The highest BCUT2D eigenvalue weighted by atomic mass is 15.2. The Kier molecular flexibility index (Phi) is 5.23. The first kappa shape index (κ1) is 14.4. The van der Waals surface area contributed by atoms with Crippen LogP contribution in [0.3, 0.4) is 0 Å². The van der Waals surface area contributed by atoms with Crippen molar-refractivity contribution in [3.63, 3.8) is 0 Å². The second-order valence-corrected chi connectivity index (χ2v) is 5.70. The van der Waals surface area contributed by atoms with E-state index in [9.17, 15) is 0 Å². The van der Waals surface area contributed by atoms with Gasteiger partial charge in [0.25, 0.3) is 0 Å². The van der Waals surface area contributed by atoms with Crippen molar-refractivity contribution in [2.45, 2.75) is 32.4 Å². The zero-order chi connectivity index (χ0) is 13.7. The molecule has 1 atom stereocenters. The molecule has 0 bridgehead atoms. The van der Waals surface area contributed by atoms with Crippen molar-refractivity contribution < 1.29 is 0 Å². The molecule has 106 valence electrons. The van der Waals surface area contributed by atoms with Crippen LogP contribution in [0.5, 0.6) is 0 Å². The Morgan fingerprint density at radius 3 is 2.63 bits per heavy atom. The van der Waals surface area contributed by atoms with Gasteiger partial charge in [0.2, 0.25) is 0 Å². The summed E-state index contributed by atoms with van der Waals surface area (Å²) in [5, 5.41) is 3.37. The molecule has 1 aliphatic rings. The van der Waals surface area contributed by atoms with Crippen molar-refractivity contribution in [3.8, 4) is 0 Å². The average molecular weight is 261 g/mol. The van der Waals surface area contributed by atoms with Gasteiger partial charge in [-0.05, 0) is 51.2 Å². The van der Waals surface area contributed by atoms with E-state index >= 15 is 0 Å². The van der Waals surface area contributed by atoms with Gasteiger partial charge in [-0.1, -0.05) is 19.1 Å². The van der Waals surface area contributed by atoms with Crippen molar-refractivity contribution in [1.82, 2.24) is 10.2 Å². The van der Waals surface area contributed by atoms with E-state index in [1.165, 1.54) is 30.6 Å². The molecule has 1 aliphatic heterocycles. The summed E-state index contributed by atoms with van der Waals surface area (Å²) in [7, 11) is 4.33. The van der Waals surface area contributed by atoms with E-state index in [2.05, 4.69) is 60.4 Å². The maximum absolute atomic E-state index is 3.37. The van der Waals surface area contributed by atoms with Crippen molar-refractivity contribution in [3.05, 3.63) is 29.8 Å². The number of nitrogens with one attached hydrogen (secondary N) is 1. The molecule has 1 N–H and O–H groups in total. The molecule has 2 rings (SSSR count). The Balaban J connectivity index is 2.00. The largest absolute Gasteiger partial charge is 0.367 e. The fourth-order valence-corrected chi connectivity index (χ4v) is 2.86. The summed E-state index contributed by atoms with van der Waals surface area (Å²) in [4.78, 5) is 4.86. The number of benzene rings is 1. The van der Waals surface area contributed by atoms with Crippen LogP contribution >= 0.6 is 0 Å². The lowest BCUT2D eigenvalue weighted by molar-refractivity contribution is 0.372. The average Bonchev–Trinajstić information content (AvgIpc) is 2.84. The monoisotopic (exact) mass is 261 g/mol. The van der Waals surface area contributed by atoms with Gasteiger partial charge < -0.3 is 15.1 Å². The fourth-order valence-electron chi connectivity index (χ4n) is 2.86. The van der Waals surface area contributed by atoms with Gasteiger partial charge >= 0.3 is 0 Å². The maximum atomic E-state index is 3.37. The summed E-state index contributed by atoms with van der Waals surface area (Å²) in [6, 6.07) is 9.74. The second-order valence-electron chi connectivity index (χ2n) is 5.70. The Morgan fingerprint density at radius 2 is 2.00 bits per heavy atom. The fraction of sp³-hybridized carbons (Fsp3) is 0.625. The van der Waals surface area contributed by atoms with Crippen LogP contribution < -0.4 is 10.2 Å². The molecule has 0 spiro atoms. The number of anilines is 1. The van der Waals surface area contributed by atoms with E-state index < -0.39 is 0 Å². The molecule has 19 heavy (non-hydrogen) atoms. The summed E-state index contributed by atoms with van der Waals surface area (Å²) in [6.07, 6.45) is 2.63. The summed E-state index contributed by atoms with van der Waals surface area (Å²) >= 11 is 0. The minimum Gasteiger partial charge on any atom is -0.367 e. The molecule has 1 aromatic rings. The summed E-state index contributed by atoms with van der Waals surface area (Å²) < 4.78 is 0. The molecule has 0 amide bonds. The highest BCUT2D eigenvalue weighted by Gasteiger charge is 2.24. The predicted molar refractivity (Wildman–Crippen MR) is 82.7 cm³/mol. The number of hydrogen-bond donors (Lipinski definition) is 1. The third-order valence-electron chi connectivity index (χ3n) is 3.80. The Hall–Kier alpha value is -1.06. The van der Waals surface area contributed by atoms with Gasteiger partial charge in [0.15, 0.2) is 0 Å². The van der Waals surface area contributed by atoms with Crippen LogP contribution in [0.15, 0.2) is 24.3 Å². The molecule has 0 aromatic heterocycles. The standard InChI is InChI=1S/C16H27N3/c1-4-17-12-14-7-9-15(10-8-14)19-11-5-6-16(19)13-18(2)3/h7-10,16-17H,4-6,11-13H2,1-3H3. The van der Waals surface area contributed by atoms with Gasteiger partial charge in [-0.15, -0.1) is 0 Å². The molecule has 0 radical (unpaired) electrons. The zero-order valence-corrected chi connectivity index (χ0v) is 12.5. The molecule has 3 nitrogen and oxygen atoms in total. The Labute approximate surface area is 117 Å². The van der Waals surface area contributed by atoms with Gasteiger partial charge in [-0.2, -0.15) is 0 Å². The van der Waals surface area contributed by atoms with Crippen molar-refractivity contribution >= 4 is 5.69 Å². The van der Waals surface area contributed by atoms with Gasteiger partial charge in [0.1, 0.15) is 0 Å². The van der Waals surface area contributed by atoms with E-state index in [-0.39, 0.29) is 0 Å². The molecular formula is C16H27N3. The first-order valence-electron chi connectivity index (χ1n) is 7.41. The third kappa shape index (κ3) is 3.95. The Bertz CT molecular complexity index is 372. The number of rotatable bonds is 6. The number of hydrogen-bond acceptors (Lipinski definition) is 3. The number of nitrogens with zero attached hydrogens (tertiary/aromatic N) is 2. The molecule has 3 heteroatoms. The molecule has 1 fully saturated rings. The third-order valence-corrected chi connectivity index (χ3v) is 3.80. The maximum Gasteiger partial charge on any atom is 0.0417 e. The molecule has 1 aromatic carbocycles. The predicted octanol–water partition coefficient (Wildman–Crippen LogP) is 2.33. The van der Waals surface area contributed by atoms with E-state index in [1.54, 1.807) is 0 Å². The first-order valence-corrected chi connectivity index (χ1v) is 7.41. The molecule has 1 heterocycles. The molecule has 1 unspecified atom stereocenters. The molecule has 1 saturated heterocycles. The van der Waals surface area contributed by atoms with Crippen LogP contribution in [-0.4, -0.2) is 44.7 Å². The molecular weight excluding hydrogens is 234 g/mol. The summed E-state index contributed by atoms with van der Waals surface area (Å²) in [5.74, 6) is 0. The van der Waals surface area contributed by atoms with Crippen LogP contribution in [-0.2, 0) is 6.54 Å². The van der Waals surface area contributed by atoms with Crippen LogP contribution in [0.25, 0.3) is 0 Å². The van der Waals surface area contributed by atoms with Crippen molar-refractivity contribution in [2.24, 2.45) is 0 Å². The minimum atomic E-state index is 0.676. The zero-order valence-electron chi connectivity index (χ0n) is 12.5. The van der Waals surface area contributed by atoms with Crippen molar-refractivity contribution in [2.75, 3.05) is 38.6 Å². The van der Waals surface area contributed by atoms with Crippen LogP contribution in [0, 0.1) is 0 Å². The van der Waals surface area contributed by atoms with Gasteiger partial charge in [0.05, 0.1) is 0 Å². The lowest BCUT2D eigenvalue weighted by Crippen LogP contribution is -2.37. The quantitative estimate of drug-likeness (QED) is 0.848. The molecule has 0 saturated carbocycles.